The number of benzene rings is 1. The van der Waals surface area contributed by atoms with Gasteiger partial charge in [-0.2, -0.15) is 0 Å². The van der Waals surface area contributed by atoms with Crippen molar-refractivity contribution in [3.8, 4) is 0 Å². The number of hydrogen-bond acceptors (Lipinski definition) is 4. The maximum atomic E-state index is 11.7. The fourth-order valence-electron chi connectivity index (χ4n) is 2.32. The van der Waals surface area contributed by atoms with Crippen molar-refractivity contribution in [1.82, 2.24) is 0 Å². The molecule has 1 fully saturated rings. The molecular formula is C15H18O5. The van der Waals surface area contributed by atoms with Crippen molar-refractivity contribution < 1.29 is 24.2 Å². The van der Waals surface area contributed by atoms with Crippen LogP contribution < -0.4 is 0 Å². The summed E-state index contributed by atoms with van der Waals surface area (Å²) < 4.78 is 10.5. The molecule has 1 aromatic carbocycles. The number of hydrogen-bond donors (Lipinski definition) is 1. The maximum Gasteiger partial charge on any atom is 0.323 e. The molecule has 1 aliphatic carbocycles. The molecule has 5 nitrogen and oxygen atoms in total. The minimum atomic E-state index is -1.42. The topological polar surface area (TPSA) is 72.8 Å². The lowest BCUT2D eigenvalue weighted by molar-refractivity contribution is -0.189. The molecule has 108 valence electrons. The van der Waals surface area contributed by atoms with E-state index in [0.29, 0.717) is 6.61 Å². The molecule has 0 aromatic heterocycles. The van der Waals surface area contributed by atoms with Crippen LogP contribution in [-0.4, -0.2) is 29.8 Å². The molecule has 0 heterocycles. The van der Waals surface area contributed by atoms with Crippen LogP contribution in [0.1, 0.15) is 25.3 Å². The van der Waals surface area contributed by atoms with Crippen molar-refractivity contribution in [2.75, 3.05) is 6.61 Å². The molecule has 1 saturated carbocycles. The maximum absolute atomic E-state index is 11.7. The van der Waals surface area contributed by atoms with Gasteiger partial charge in [-0.05, 0) is 12.5 Å². The summed E-state index contributed by atoms with van der Waals surface area (Å²) in [5.74, 6) is -1.79. The quantitative estimate of drug-likeness (QED) is 0.636. The van der Waals surface area contributed by atoms with Crippen LogP contribution in [0.5, 0.6) is 0 Å². The Balaban J connectivity index is 1.88. The second kappa shape index (κ2) is 6.05. The first-order valence-electron chi connectivity index (χ1n) is 6.64. The van der Waals surface area contributed by atoms with Gasteiger partial charge in [0.25, 0.3) is 0 Å². The van der Waals surface area contributed by atoms with Crippen molar-refractivity contribution in [3.63, 3.8) is 0 Å². The number of carbonyl (C=O) groups is 2. The van der Waals surface area contributed by atoms with E-state index in [1.54, 1.807) is 6.92 Å². The second-order valence-corrected chi connectivity index (χ2v) is 4.93. The third kappa shape index (κ3) is 2.82. The van der Waals surface area contributed by atoms with Crippen LogP contribution in [0.3, 0.4) is 0 Å². The number of aliphatic carboxylic acids is 1. The Morgan fingerprint density at radius 3 is 2.50 bits per heavy atom. The normalized spacial score (nSPS) is 24.8. The highest BCUT2D eigenvalue weighted by atomic mass is 16.5. The SMILES string of the molecule is CCOC(=O)C1(C(=O)O)CC(OCc2ccccc2)C1. The van der Waals surface area contributed by atoms with Crippen LogP contribution in [0.25, 0.3) is 0 Å². The molecule has 0 spiro atoms. The standard InChI is InChI=1S/C15H18O5/c1-2-19-14(18)15(13(16)17)8-12(9-15)20-10-11-6-4-3-5-7-11/h3-7,12H,2,8-10H2,1H3,(H,16,17). The predicted molar refractivity (Wildman–Crippen MR) is 71.0 cm³/mol. The van der Waals surface area contributed by atoms with Gasteiger partial charge in [0.15, 0.2) is 5.41 Å². The average molecular weight is 278 g/mol. The largest absolute Gasteiger partial charge is 0.480 e. The first-order chi connectivity index (χ1) is 9.58. The minimum absolute atomic E-state index is 0.175. The van der Waals surface area contributed by atoms with Gasteiger partial charge in [0.05, 0.1) is 19.3 Å². The predicted octanol–water partition coefficient (Wildman–Crippen LogP) is 2.00. The summed E-state index contributed by atoms with van der Waals surface area (Å²) in [6.07, 6.45) is 0.137. The Labute approximate surface area is 117 Å². The summed E-state index contributed by atoms with van der Waals surface area (Å²) in [4.78, 5) is 23.0. The lowest BCUT2D eigenvalue weighted by atomic mass is 9.66. The first-order valence-corrected chi connectivity index (χ1v) is 6.64. The van der Waals surface area contributed by atoms with Gasteiger partial charge in [0.1, 0.15) is 0 Å². The fraction of sp³-hybridized carbons (Fsp3) is 0.467. The Hall–Kier alpha value is -1.88. The van der Waals surface area contributed by atoms with E-state index in [1.807, 2.05) is 30.3 Å². The molecule has 0 bridgehead atoms. The van der Waals surface area contributed by atoms with Gasteiger partial charge < -0.3 is 14.6 Å². The molecule has 20 heavy (non-hydrogen) atoms. The summed E-state index contributed by atoms with van der Waals surface area (Å²) in [5, 5.41) is 9.23. The second-order valence-electron chi connectivity index (χ2n) is 4.93. The minimum Gasteiger partial charge on any atom is -0.480 e. The fourth-order valence-corrected chi connectivity index (χ4v) is 2.32. The van der Waals surface area contributed by atoms with E-state index in [0.717, 1.165) is 5.56 Å². The Kier molecular flexibility index (Phi) is 4.39. The van der Waals surface area contributed by atoms with Crippen LogP contribution in [0.15, 0.2) is 30.3 Å². The molecule has 0 aliphatic heterocycles. The highest BCUT2D eigenvalue weighted by Crippen LogP contribution is 2.44. The van der Waals surface area contributed by atoms with Crippen molar-refractivity contribution in [2.24, 2.45) is 5.41 Å². The molecule has 0 atom stereocenters. The number of ether oxygens (including phenoxy) is 2. The zero-order valence-corrected chi connectivity index (χ0v) is 11.4. The molecule has 1 aliphatic rings. The molecular weight excluding hydrogens is 260 g/mol. The first kappa shape index (κ1) is 14.5. The van der Waals surface area contributed by atoms with E-state index >= 15 is 0 Å². The Morgan fingerprint density at radius 2 is 1.95 bits per heavy atom. The zero-order valence-electron chi connectivity index (χ0n) is 11.4. The summed E-state index contributed by atoms with van der Waals surface area (Å²) in [7, 11) is 0. The lowest BCUT2D eigenvalue weighted by Crippen LogP contribution is -2.53. The van der Waals surface area contributed by atoms with Gasteiger partial charge in [-0.25, -0.2) is 0 Å². The van der Waals surface area contributed by atoms with E-state index in [9.17, 15) is 14.7 Å². The zero-order chi connectivity index (χ0) is 14.6. The van der Waals surface area contributed by atoms with Gasteiger partial charge in [-0.3, -0.25) is 9.59 Å². The highest BCUT2D eigenvalue weighted by molar-refractivity contribution is 6.00. The van der Waals surface area contributed by atoms with Crippen LogP contribution in [0.4, 0.5) is 0 Å². The van der Waals surface area contributed by atoms with Crippen molar-refractivity contribution in [2.45, 2.75) is 32.5 Å². The Morgan fingerprint density at radius 1 is 1.30 bits per heavy atom. The molecule has 0 amide bonds. The third-order valence-electron chi connectivity index (χ3n) is 3.56. The summed E-state index contributed by atoms with van der Waals surface area (Å²) in [5.41, 5.74) is -0.395. The molecule has 5 heteroatoms. The average Bonchev–Trinajstić information content (AvgIpc) is 2.38. The molecule has 1 aromatic rings. The van der Waals surface area contributed by atoms with Gasteiger partial charge >= 0.3 is 11.9 Å². The van der Waals surface area contributed by atoms with Crippen LogP contribution in [0.2, 0.25) is 0 Å². The molecule has 1 N–H and O–H groups in total. The molecule has 2 rings (SSSR count). The lowest BCUT2D eigenvalue weighted by Gasteiger charge is -2.41. The van der Waals surface area contributed by atoms with Crippen LogP contribution in [0, 0.1) is 5.41 Å². The smallest absolute Gasteiger partial charge is 0.323 e. The van der Waals surface area contributed by atoms with Crippen molar-refractivity contribution in [1.29, 1.82) is 0 Å². The summed E-state index contributed by atoms with van der Waals surface area (Å²) >= 11 is 0. The number of carboxylic acid groups (broad SMARTS) is 1. The van der Waals surface area contributed by atoms with Crippen LogP contribution >= 0.6 is 0 Å². The summed E-state index contributed by atoms with van der Waals surface area (Å²) in [6, 6.07) is 9.63. The van der Waals surface area contributed by atoms with E-state index in [1.165, 1.54) is 0 Å². The van der Waals surface area contributed by atoms with E-state index in [-0.39, 0.29) is 25.6 Å². The number of esters is 1. The van der Waals surface area contributed by atoms with Crippen molar-refractivity contribution in [3.05, 3.63) is 35.9 Å². The van der Waals surface area contributed by atoms with Gasteiger partial charge in [0.2, 0.25) is 0 Å². The summed E-state index contributed by atoms with van der Waals surface area (Å²) in [6.45, 7) is 2.27. The Bertz CT molecular complexity index is 476. The molecule has 0 radical (unpaired) electrons. The number of carbonyl (C=O) groups excluding carboxylic acids is 1. The van der Waals surface area contributed by atoms with Crippen LogP contribution in [-0.2, 0) is 25.7 Å². The van der Waals surface area contributed by atoms with E-state index in [2.05, 4.69) is 0 Å². The van der Waals surface area contributed by atoms with Crippen molar-refractivity contribution >= 4 is 11.9 Å². The third-order valence-corrected chi connectivity index (χ3v) is 3.56. The van der Waals surface area contributed by atoms with Gasteiger partial charge in [0, 0.05) is 12.8 Å². The van der Waals surface area contributed by atoms with E-state index < -0.39 is 17.4 Å². The monoisotopic (exact) mass is 278 g/mol. The molecule has 0 saturated heterocycles. The highest BCUT2D eigenvalue weighted by Gasteiger charge is 2.58. The number of rotatable bonds is 6. The van der Waals surface area contributed by atoms with Gasteiger partial charge in [-0.1, -0.05) is 30.3 Å². The van der Waals surface area contributed by atoms with E-state index in [4.69, 9.17) is 9.47 Å². The number of carboxylic acids is 1. The molecule has 0 unspecified atom stereocenters. The van der Waals surface area contributed by atoms with Gasteiger partial charge in [-0.15, -0.1) is 0 Å².